The zero-order chi connectivity index (χ0) is 9.84. The molecule has 0 spiro atoms. The Balaban J connectivity index is 2.22. The smallest absolute Gasteiger partial charge is 0.0603 e. The molecule has 1 heterocycles. The summed E-state index contributed by atoms with van der Waals surface area (Å²) in [5.41, 5.74) is 0. The number of hydrogen-bond acceptors (Lipinski definition) is 2. The second-order valence-electron chi connectivity index (χ2n) is 4.51. The first-order valence-electron chi connectivity index (χ1n) is 5.49. The molecule has 2 nitrogen and oxygen atoms in total. The third-order valence-electron chi connectivity index (χ3n) is 2.67. The number of nitrogens with zero attached hydrogens (tertiary/aromatic N) is 1. The van der Waals surface area contributed by atoms with Crippen molar-refractivity contribution >= 4 is 0 Å². The van der Waals surface area contributed by atoms with Crippen LogP contribution in [0.15, 0.2) is 0 Å². The van der Waals surface area contributed by atoms with Crippen molar-refractivity contribution in [1.29, 1.82) is 0 Å². The minimum atomic E-state index is 0.385. The Hall–Kier alpha value is -0.0800. The normalized spacial score (nSPS) is 21.7. The van der Waals surface area contributed by atoms with Crippen LogP contribution in [0.1, 0.15) is 40.5 Å². The van der Waals surface area contributed by atoms with Gasteiger partial charge in [0, 0.05) is 19.1 Å². The number of likely N-dealkylation sites (tertiary alicyclic amines) is 1. The third kappa shape index (κ3) is 3.65. The zero-order valence-corrected chi connectivity index (χ0v) is 9.42. The quantitative estimate of drug-likeness (QED) is 0.669. The molecule has 0 N–H and O–H groups in total. The van der Waals surface area contributed by atoms with Crippen molar-refractivity contribution in [2.24, 2.45) is 0 Å². The van der Waals surface area contributed by atoms with Crippen molar-refractivity contribution in [2.45, 2.75) is 58.8 Å². The summed E-state index contributed by atoms with van der Waals surface area (Å²) >= 11 is 0. The summed E-state index contributed by atoms with van der Waals surface area (Å²) in [6, 6.07) is 0.694. The Kier molecular flexibility index (Phi) is 4.20. The highest BCUT2D eigenvalue weighted by molar-refractivity contribution is 4.74. The molecule has 0 bridgehead atoms. The molecule has 1 saturated heterocycles. The molecule has 2 heteroatoms. The van der Waals surface area contributed by atoms with E-state index in [-0.39, 0.29) is 0 Å². The lowest BCUT2D eigenvalue weighted by molar-refractivity contribution is -0.0309. The average molecular weight is 185 g/mol. The molecule has 0 aliphatic carbocycles. The summed E-state index contributed by atoms with van der Waals surface area (Å²) < 4.78 is 5.79. The van der Waals surface area contributed by atoms with E-state index in [0.717, 1.165) is 0 Å². The van der Waals surface area contributed by atoms with Crippen molar-refractivity contribution in [3.8, 4) is 0 Å². The van der Waals surface area contributed by atoms with Crippen molar-refractivity contribution in [2.75, 3.05) is 13.1 Å². The van der Waals surface area contributed by atoms with Crippen molar-refractivity contribution < 1.29 is 4.74 Å². The molecule has 0 aromatic carbocycles. The fourth-order valence-electron chi connectivity index (χ4n) is 1.91. The van der Waals surface area contributed by atoms with E-state index in [1.54, 1.807) is 0 Å². The summed E-state index contributed by atoms with van der Waals surface area (Å²) in [5, 5.41) is 0. The predicted molar refractivity (Wildman–Crippen MR) is 56.0 cm³/mol. The lowest BCUT2D eigenvalue weighted by atomic mass is 10.1. The van der Waals surface area contributed by atoms with Gasteiger partial charge in [-0.1, -0.05) is 0 Å². The summed E-state index contributed by atoms with van der Waals surface area (Å²) in [5.74, 6) is 0. The van der Waals surface area contributed by atoms with Crippen LogP contribution in [-0.2, 0) is 4.74 Å². The molecule has 0 atom stereocenters. The lowest BCUT2D eigenvalue weighted by Crippen LogP contribution is -2.41. The summed E-state index contributed by atoms with van der Waals surface area (Å²) in [6.07, 6.45) is 3.30. The average Bonchev–Trinajstić information content (AvgIpc) is 2.04. The molecular formula is C11H23NO. The maximum Gasteiger partial charge on any atom is 0.0603 e. The summed E-state index contributed by atoms with van der Waals surface area (Å²) in [7, 11) is 0. The minimum Gasteiger partial charge on any atom is -0.375 e. The van der Waals surface area contributed by atoms with Crippen LogP contribution in [0.25, 0.3) is 0 Å². The van der Waals surface area contributed by atoms with Crippen LogP contribution in [0.4, 0.5) is 0 Å². The number of rotatable bonds is 3. The van der Waals surface area contributed by atoms with E-state index >= 15 is 0 Å². The molecule has 1 aliphatic heterocycles. The Morgan fingerprint density at radius 3 is 2.00 bits per heavy atom. The molecule has 0 amide bonds. The lowest BCUT2D eigenvalue weighted by Gasteiger charge is -2.35. The highest BCUT2D eigenvalue weighted by atomic mass is 16.5. The topological polar surface area (TPSA) is 12.5 Å². The Morgan fingerprint density at radius 2 is 1.62 bits per heavy atom. The van der Waals surface area contributed by atoms with E-state index in [4.69, 9.17) is 4.74 Å². The summed E-state index contributed by atoms with van der Waals surface area (Å²) in [4.78, 5) is 2.53. The maximum absolute atomic E-state index is 5.79. The van der Waals surface area contributed by atoms with Crippen molar-refractivity contribution in [3.63, 3.8) is 0 Å². The van der Waals surface area contributed by atoms with Crippen LogP contribution in [0.5, 0.6) is 0 Å². The molecule has 13 heavy (non-hydrogen) atoms. The number of piperidine rings is 1. The first-order chi connectivity index (χ1) is 6.09. The Bertz CT molecular complexity index is 137. The standard InChI is InChI=1S/C11H23NO/c1-9(2)12-7-5-11(6-8-12)13-10(3)4/h9-11H,5-8H2,1-4H3. The van der Waals surface area contributed by atoms with Gasteiger partial charge in [0.1, 0.15) is 0 Å². The number of ether oxygens (including phenoxy) is 1. The molecule has 0 radical (unpaired) electrons. The second-order valence-corrected chi connectivity index (χ2v) is 4.51. The van der Waals surface area contributed by atoms with Crippen LogP contribution in [0, 0.1) is 0 Å². The molecule has 1 fully saturated rings. The molecule has 78 valence electrons. The van der Waals surface area contributed by atoms with Crippen LogP contribution >= 0.6 is 0 Å². The number of hydrogen-bond donors (Lipinski definition) is 0. The van der Waals surface area contributed by atoms with E-state index < -0.39 is 0 Å². The van der Waals surface area contributed by atoms with E-state index in [1.807, 2.05) is 0 Å². The van der Waals surface area contributed by atoms with Crippen LogP contribution < -0.4 is 0 Å². The summed E-state index contributed by atoms with van der Waals surface area (Å²) in [6.45, 7) is 11.2. The first-order valence-corrected chi connectivity index (χ1v) is 5.49. The van der Waals surface area contributed by atoms with Gasteiger partial charge in [0.25, 0.3) is 0 Å². The van der Waals surface area contributed by atoms with Crippen LogP contribution in [0.2, 0.25) is 0 Å². The molecule has 0 aromatic rings. The zero-order valence-electron chi connectivity index (χ0n) is 9.42. The minimum absolute atomic E-state index is 0.385. The van der Waals surface area contributed by atoms with Gasteiger partial charge in [-0.25, -0.2) is 0 Å². The van der Waals surface area contributed by atoms with Gasteiger partial charge in [0.15, 0.2) is 0 Å². The van der Waals surface area contributed by atoms with Gasteiger partial charge in [-0.15, -0.1) is 0 Å². The van der Waals surface area contributed by atoms with Gasteiger partial charge in [-0.2, -0.15) is 0 Å². The van der Waals surface area contributed by atoms with Gasteiger partial charge in [0.05, 0.1) is 12.2 Å². The van der Waals surface area contributed by atoms with Gasteiger partial charge in [0.2, 0.25) is 0 Å². The first kappa shape index (κ1) is 11.0. The van der Waals surface area contributed by atoms with Gasteiger partial charge < -0.3 is 9.64 Å². The Morgan fingerprint density at radius 1 is 1.08 bits per heavy atom. The van der Waals surface area contributed by atoms with Gasteiger partial charge in [-0.05, 0) is 40.5 Å². The molecule has 0 saturated carbocycles. The maximum atomic E-state index is 5.79. The van der Waals surface area contributed by atoms with E-state index in [9.17, 15) is 0 Å². The van der Waals surface area contributed by atoms with E-state index in [0.29, 0.717) is 18.2 Å². The molecule has 0 unspecified atom stereocenters. The van der Waals surface area contributed by atoms with Crippen molar-refractivity contribution in [3.05, 3.63) is 0 Å². The highest BCUT2D eigenvalue weighted by Gasteiger charge is 2.21. The van der Waals surface area contributed by atoms with Crippen molar-refractivity contribution in [1.82, 2.24) is 4.90 Å². The SMILES string of the molecule is CC(C)OC1CCN(C(C)C)CC1. The monoisotopic (exact) mass is 185 g/mol. The molecule has 0 aromatic heterocycles. The molecule has 1 aliphatic rings. The molecule has 1 rings (SSSR count). The highest BCUT2D eigenvalue weighted by Crippen LogP contribution is 2.16. The molecular weight excluding hydrogens is 162 g/mol. The fourth-order valence-corrected chi connectivity index (χ4v) is 1.91. The predicted octanol–water partition coefficient (Wildman–Crippen LogP) is 2.28. The second kappa shape index (κ2) is 4.97. The van der Waals surface area contributed by atoms with Crippen LogP contribution in [-0.4, -0.2) is 36.2 Å². The fraction of sp³-hybridized carbons (Fsp3) is 1.00. The van der Waals surface area contributed by atoms with Crippen LogP contribution in [0.3, 0.4) is 0 Å². The Labute approximate surface area is 82.3 Å². The largest absolute Gasteiger partial charge is 0.375 e. The van der Waals surface area contributed by atoms with E-state index in [2.05, 4.69) is 32.6 Å². The van der Waals surface area contributed by atoms with E-state index in [1.165, 1.54) is 25.9 Å². The van der Waals surface area contributed by atoms with Gasteiger partial charge in [-0.3, -0.25) is 0 Å². The third-order valence-corrected chi connectivity index (χ3v) is 2.67. The van der Waals surface area contributed by atoms with Gasteiger partial charge >= 0.3 is 0 Å².